The molecular formula is C11H16NO3. The molecule has 1 aliphatic rings. The molecular weight excluding hydrogens is 194 g/mol. The number of rotatable bonds is 4. The van der Waals surface area contributed by atoms with Crippen molar-refractivity contribution >= 4 is 17.5 Å². The van der Waals surface area contributed by atoms with E-state index >= 15 is 0 Å². The predicted octanol–water partition coefficient (Wildman–Crippen LogP) is 1.29. The third-order valence-corrected chi connectivity index (χ3v) is 3.09. The first-order chi connectivity index (χ1) is 6.99. The molecule has 1 N–H and O–H groups in total. The van der Waals surface area contributed by atoms with E-state index in [1.54, 1.807) is 0 Å². The van der Waals surface area contributed by atoms with Gasteiger partial charge in [0.05, 0.1) is 6.42 Å². The van der Waals surface area contributed by atoms with Crippen LogP contribution >= 0.6 is 0 Å². The van der Waals surface area contributed by atoms with Crippen LogP contribution in [0.3, 0.4) is 0 Å². The van der Waals surface area contributed by atoms with Crippen molar-refractivity contribution in [3.8, 4) is 0 Å². The van der Waals surface area contributed by atoms with E-state index in [-0.39, 0.29) is 18.0 Å². The lowest BCUT2D eigenvalue weighted by molar-refractivity contribution is -0.144. The highest BCUT2D eigenvalue weighted by Gasteiger charge is 2.44. The largest absolute Gasteiger partial charge is 0.300 e. The fourth-order valence-electron chi connectivity index (χ4n) is 2.18. The van der Waals surface area contributed by atoms with Crippen LogP contribution in [0, 0.1) is 5.41 Å². The summed E-state index contributed by atoms with van der Waals surface area (Å²) in [7, 11) is 0. The van der Waals surface area contributed by atoms with Crippen molar-refractivity contribution in [1.29, 1.82) is 0 Å². The highest BCUT2D eigenvalue weighted by Crippen LogP contribution is 2.38. The Bertz CT molecular complexity index is 290. The van der Waals surface area contributed by atoms with E-state index in [1.807, 2.05) is 0 Å². The zero-order chi connectivity index (χ0) is 11.5. The van der Waals surface area contributed by atoms with Crippen molar-refractivity contribution in [1.82, 2.24) is 5.73 Å². The molecule has 4 heteroatoms. The van der Waals surface area contributed by atoms with E-state index in [0.717, 1.165) is 19.3 Å². The number of Topliss-reactive ketones (excluding diaryl/α,β-unsaturated/α-hetero) is 2. The molecule has 0 aliphatic heterocycles. The van der Waals surface area contributed by atoms with Crippen molar-refractivity contribution in [2.24, 2.45) is 5.41 Å². The molecule has 0 bridgehead atoms. The van der Waals surface area contributed by atoms with Crippen molar-refractivity contribution in [3.63, 3.8) is 0 Å². The summed E-state index contributed by atoms with van der Waals surface area (Å²) in [6, 6.07) is 0. The Morgan fingerprint density at radius 3 is 2.07 bits per heavy atom. The van der Waals surface area contributed by atoms with Crippen LogP contribution in [0.25, 0.3) is 0 Å². The lowest BCUT2D eigenvalue weighted by atomic mass is 9.69. The van der Waals surface area contributed by atoms with Gasteiger partial charge in [-0.05, 0) is 19.8 Å². The third-order valence-electron chi connectivity index (χ3n) is 3.09. The predicted molar refractivity (Wildman–Crippen MR) is 53.9 cm³/mol. The highest BCUT2D eigenvalue weighted by atomic mass is 16.2. The van der Waals surface area contributed by atoms with Gasteiger partial charge in [0, 0.05) is 0 Å². The van der Waals surface area contributed by atoms with Gasteiger partial charge >= 0.3 is 0 Å². The summed E-state index contributed by atoms with van der Waals surface area (Å²) < 4.78 is 0. The Morgan fingerprint density at radius 2 is 1.67 bits per heavy atom. The second-order valence-corrected chi connectivity index (χ2v) is 4.27. The van der Waals surface area contributed by atoms with Crippen molar-refractivity contribution in [2.45, 2.75) is 45.4 Å². The highest BCUT2D eigenvalue weighted by molar-refractivity contribution is 6.11. The van der Waals surface area contributed by atoms with Gasteiger partial charge in [0.2, 0.25) is 0 Å². The average molecular weight is 210 g/mol. The fraction of sp³-hybridized carbons (Fsp3) is 0.727. The maximum Gasteiger partial charge on any atom is 0.252 e. The van der Waals surface area contributed by atoms with Gasteiger partial charge in [-0.1, -0.05) is 19.3 Å². The van der Waals surface area contributed by atoms with Crippen molar-refractivity contribution in [3.05, 3.63) is 0 Å². The molecule has 1 aliphatic carbocycles. The molecule has 0 aromatic heterocycles. The molecule has 4 nitrogen and oxygen atoms in total. The number of carbonyl (C=O) groups excluding carboxylic acids is 3. The average Bonchev–Trinajstić information content (AvgIpc) is 2.17. The van der Waals surface area contributed by atoms with Crippen LogP contribution in [0.5, 0.6) is 0 Å². The molecule has 1 fully saturated rings. The monoisotopic (exact) mass is 210 g/mol. The van der Waals surface area contributed by atoms with E-state index < -0.39 is 11.3 Å². The Labute approximate surface area is 89.2 Å². The van der Waals surface area contributed by atoms with Gasteiger partial charge in [-0.25, -0.2) is 0 Å². The van der Waals surface area contributed by atoms with Crippen LogP contribution in [0.2, 0.25) is 0 Å². The standard InChI is InChI=1S/C11H16NO3/c1-8(13)7-9(14)11(10(12)15)5-3-2-4-6-11/h12H,2-7H2,1H3. The summed E-state index contributed by atoms with van der Waals surface area (Å²) in [6.45, 7) is 1.34. The van der Waals surface area contributed by atoms with Crippen LogP contribution in [0.1, 0.15) is 45.4 Å². The number of ketones is 2. The van der Waals surface area contributed by atoms with E-state index in [0.29, 0.717) is 12.8 Å². The van der Waals surface area contributed by atoms with Gasteiger partial charge < -0.3 is 0 Å². The molecule has 1 radical (unpaired) electrons. The smallest absolute Gasteiger partial charge is 0.252 e. The molecule has 83 valence electrons. The van der Waals surface area contributed by atoms with Gasteiger partial charge in [0.15, 0.2) is 5.78 Å². The van der Waals surface area contributed by atoms with Gasteiger partial charge in [-0.15, -0.1) is 0 Å². The molecule has 0 aromatic rings. The number of hydrogen-bond donors (Lipinski definition) is 0. The topological polar surface area (TPSA) is 75.0 Å². The lowest BCUT2D eigenvalue weighted by Gasteiger charge is -2.31. The first-order valence-corrected chi connectivity index (χ1v) is 5.28. The summed E-state index contributed by atoms with van der Waals surface area (Å²) in [6.07, 6.45) is 3.29. The third kappa shape index (κ3) is 2.43. The minimum atomic E-state index is -1.16. The number of carbonyl (C=O) groups is 3. The molecule has 15 heavy (non-hydrogen) atoms. The molecule has 1 rings (SSSR count). The van der Waals surface area contributed by atoms with Crippen LogP contribution in [-0.4, -0.2) is 17.5 Å². The minimum absolute atomic E-state index is 0.204. The minimum Gasteiger partial charge on any atom is -0.300 e. The maximum atomic E-state index is 11.8. The van der Waals surface area contributed by atoms with E-state index in [9.17, 15) is 14.4 Å². The molecule has 0 heterocycles. The summed E-state index contributed by atoms with van der Waals surface area (Å²) in [5.41, 5.74) is 6.06. The molecule has 1 saturated carbocycles. The van der Waals surface area contributed by atoms with E-state index in [4.69, 9.17) is 5.73 Å². The summed E-state index contributed by atoms with van der Waals surface area (Å²) in [5.74, 6) is -1.39. The first-order valence-electron chi connectivity index (χ1n) is 5.28. The lowest BCUT2D eigenvalue weighted by Crippen LogP contribution is -2.42. The number of hydrogen-bond acceptors (Lipinski definition) is 3. The molecule has 0 saturated heterocycles. The number of amides is 1. The van der Waals surface area contributed by atoms with Crippen molar-refractivity contribution in [2.75, 3.05) is 0 Å². The zero-order valence-corrected chi connectivity index (χ0v) is 8.97. The van der Waals surface area contributed by atoms with Crippen LogP contribution in [-0.2, 0) is 14.4 Å². The Hall–Kier alpha value is -1.19. The summed E-state index contributed by atoms with van der Waals surface area (Å²) >= 11 is 0. The van der Waals surface area contributed by atoms with Gasteiger partial charge in [0.1, 0.15) is 11.2 Å². The van der Waals surface area contributed by atoms with Gasteiger partial charge in [-0.3, -0.25) is 20.1 Å². The molecule has 0 atom stereocenters. The van der Waals surface area contributed by atoms with Crippen LogP contribution < -0.4 is 5.73 Å². The Balaban J connectivity index is 2.85. The summed E-state index contributed by atoms with van der Waals surface area (Å²) in [5, 5.41) is 0. The molecule has 0 aromatic carbocycles. The second kappa shape index (κ2) is 4.55. The summed E-state index contributed by atoms with van der Waals surface area (Å²) in [4.78, 5) is 34.0. The van der Waals surface area contributed by atoms with Crippen LogP contribution in [0.15, 0.2) is 0 Å². The molecule has 0 unspecified atom stereocenters. The second-order valence-electron chi connectivity index (χ2n) is 4.27. The maximum absolute atomic E-state index is 11.8. The fourth-order valence-corrected chi connectivity index (χ4v) is 2.18. The zero-order valence-electron chi connectivity index (χ0n) is 8.97. The SMILES string of the molecule is CC(=O)CC(=O)C1(C([NH])=O)CCCCC1. The van der Waals surface area contributed by atoms with Gasteiger partial charge in [0.25, 0.3) is 5.91 Å². The molecule has 0 spiro atoms. The normalized spacial score (nSPS) is 19.5. The molecule has 1 amide bonds. The first kappa shape index (κ1) is 11.9. The quantitative estimate of drug-likeness (QED) is 0.656. The van der Waals surface area contributed by atoms with Crippen molar-refractivity contribution < 1.29 is 14.4 Å². The number of nitrogens with one attached hydrogen (secondary N) is 1. The van der Waals surface area contributed by atoms with E-state index in [1.165, 1.54) is 6.92 Å². The Kier molecular flexibility index (Phi) is 3.61. The Morgan fingerprint density at radius 1 is 1.13 bits per heavy atom. The van der Waals surface area contributed by atoms with Gasteiger partial charge in [-0.2, -0.15) is 0 Å². The van der Waals surface area contributed by atoms with E-state index in [2.05, 4.69) is 0 Å². The van der Waals surface area contributed by atoms with Crippen LogP contribution in [0.4, 0.5) is 0 Å².